The Balaban J connectivity index is 1.70. The summed E-state index contributed by atoms with van der Waals surface area (Å²) < 4.78 is 12.3. The maximum absolute atomic E-state index is 10.2. The quantitative estimate of drug-likeness (QED) is 0.126. The molecule has 0 aliphatic heterocycles. The van der Waals surface area contributed by atoms with E-state index in [1.54, 1.807) is 0 Å². The summed E-state index contributed by atoms with van der Waals surface area (Å²) in [6.45, 7) is 11.6. The Labute approximate surface area is 259 Å². The minimum Gasteiger partial charge on any atom is -0.494 e. The second-order valence-corrected chi connectivity index (χ2v) is 11.6. The molecule has 0 radical (unpaired) electrons. The lowest BCUT2D eigenvalue weighted by Crippen LogP contribution is -2.12. The van der Waals surface area contributed by atoms with Gasteiger partial charge < -0.3 is 9.47 Å². The maximum atomic E-state index is 10.2. The molecule has 1 aliphatic rings. The Morgan fingerprint density at radius 3 is 2.07 bits per heavy atom. The van der Waals surface area contributed by atoms with Crippen LogP contribution in [0.5, 0.6) is 11.5 Å². The van der Waals surface area contributed by atoms with Gasteiger partial charge in [-0.05, 0) is 127 Å². The van der Waals surface area contributed by atoms with E-state index in [0.717, 1.165) is 103 Å². The van der Waals surface area contributed by atoms with Gasteiger partial charge in [0.1, 0.15) is 23.6 Å². The minimum atomic E-state index is 0.491. The maximum Gasteiger partial charge on any atom is 0.119 e. The Hall–Kier alpha value is -4.02. The van der Waals surface area contributed by atoms with Crippen LogP contribution in [0.25, 0.3) is 22.3 Å². The topological polar surface area (TPSA) is 66.0 Å². The molecule has 0 unspecified atom stereocenters. The summed E-state index contributed by atoms with van der Waals surface area (Å²) >= 11 is 0. The van der Waals surface area contributed by atoms with E-state index in [0.29, 0.717) is 17.7 Å². The highest BCUT2D eigenvalue weighted by molar-refractivity contribution is 5.94. The third-order valence-corrected chi connectivity index (χ3v) is 8.63. The molecule has 0 amide bonds. The zero-order valence-corrected chi connectivity index (χ0v) is 26.4. The van der Waals surface area contributed by atoms with Crippen LogP contribution >= 0.6 is 0 Å². The van der Waals surface area contributed by atoms with Crippen molar-refractivity contribution in [2.24, 2.45) is 0 Å². The van der Waals surface area contributed by atoms with Crippen molar-refractivity contribution in [1.29, 1.82) is 10.5 Å². The average Bonchev–Trinajstić information content (AvgIpc) is 3.03. The van der Waals surface area contributed by atoms with E-state index in [4.69, 9.17) is 9.47 Å². The molecule has 1 aliphatic carbocycles. The van der Waals surface area contributed by atoms with Gasteiger partial charge in [0.2, 0.25) is 0 Å². The van der Waals surface area contributed by atoms with Crippen molar-refractivity contribution >= 4 is 0 Å². The summed E-state index contributed by atoms with van der Waals surface area (Å²) in [5, 5.41) is 20.4. The fourth-order valence-electron chi connectivity index (χ4n) is 6.29. The van der Waals surface area contributed by atoms with E-state index >= 15 is 0 Å². The van der Waals surface area contributed by atoms with Gasteiger partial charge in [0, 0.05) is 0 Å². The van der Waals surface area contributed by atoms with Gasteiger partial charge in [-0.3, -0.25) is 0 Å². The van der Waals surface area contributed by atoms with Gasteiger partial charge in [0.25, 0.3) is 0 Å². The van der Waals surface area contributed by atoms with E-state index in [2.05, 4.69) is 69.0 Å². The largest absolute Gasteiger partial charge is 0.494 e. The highest BCUT2D eigenvalue weighted by Crippen LogP contribution is 2.47. The number of hydrogen-bond acceptors (Lipinski definition) is 4. The number of aryl methyl sites for hydroxylation is 2. The van der Waals surface area contributed by atoms with Crippen LogP contribution in [0.3, 0.4) is 0 Å². The summed E-state index contributed by atoms with van der Waals surface area (Å²) in [6, 6.07) is 17.5. The Kier molecular flexibility index (Phi) is 11.9. The molecule has 0 bridgehead atoms. The second kappa shape index (κ2) is 16.0. The van der Waals surface area contributed by atoms with Gasteiger partial charge in [-0.15, -0.1) is 6.58 Å². The lowest BCUT2D eigenvalue weighted by Gasteiger charge is -2.28. The van der Waals surface area contributed by atoms with Crippen LogP contribution in [0.2, 0.25) is 0 Å². The van der Waals surface area contributed by atoms with Crippen LogP contribution in [-0.2, 0) is 19.3 Å². The van der Waals surface area contributed by atoms with Gasteiger partial charge in [-0.25, -0.2) is 0 Å². The number of nitrogens with zero attached hydrogens (tertiary/aromatic N) is 2. The normalized spacial score (nSPS) is 11.7. The fraction of sp³-hybridized carbons (Fsp3) is 0.436. The van der Waals surface area contributed by atoms with Crippen LogP contribution in [0.4, 0.5) is 0 Å². The van der Waals surface area contributed by atoms with Crippen LogP contribution in [0, 0.1) is 29.6 Å². The smallest absolute Gasteiger partial charge is 0.119 e. The molecule has 4 heteroatoms. The Morgan fingerprint density at radius 1 is 0.767 bits per heavy atom. The number of rotatable bonds is 16. The number of unbranched alkanes of at least 4 members (excludes halogenated alkanes) is 7. The fourth-order valence-corrected chi connectivity index (χ4v) is 6.29. The Bertz CT molecular complexity index is 1510. The zero-order valence-electron chi connectivity index (χ0n) is 26.4. The van der Waals surface area contributed by atoms with Crippen molar-refractivity contribution in [3.8, 4) is 45.9 Å². The standard InChI is InChI=1S/C39H46N2O2/c1-5-8-10-12-14-22-42-31-17-20-33(29(7-3)24-31)38-28(4)36(26-40)37(27-41)35-19-16-30-25-32(18-21-34(30)39(35)38)43-23-15-13-11-9-6-2/h6,17-18,20-21,24-25H,2,5,7-16,19,22-23H2,1,3-4H3. The first kappa shape index (κ1) is 31.9. The van der Waals surface area contributed by atoms with Crippen LogP contribution < -0.4 is 9.47 Å². The predicted octanol–water partition coefficient (Wildman–Crippen LogP) is 10.2. The molecule has 4 rings (SSSR count). The molecule has 3 aromatic carbocycles. The highest BCUT2D eigenvalue weighted by atomic mass is 16.5. The number of allylic oxidation sites excluding steroid dienone is 1. The zero-order chi connectivity index (χ0) is 30.6. The van der Waals surface area contributed by atoms with Gasteiger partial charge in [-0.2, -0.15) is 10.5 Å². The predicted molar refractivity (Wildman–Crippen MR) is 177 cm³/mol. The molecule has 0 spiro atoms. The van der Waals surface area contributed by atoms with E-state index in [-0.39, 0.29) is 0 Å². The molecule has 0 saturated carbocycles. The molecular formula is C39H46N2O2. The number of hydrogen-bond donors (Lipinski definition) is 0. The summed E-state index contributed by atoms with van der Waals surface area (Å²) in [5.41, 5.74) is 9.67. The van der Waals surface area contributed by atoms with Gasteiger partial charge >= 0.3 is 0 Å². The van der Waals surface area contributed by atoms with Crippen molar-refractivity contribution in [1.82, 2.24) is 0 Å². The molecular weight excluding hydrogens is 528 g/mol. The first-order chi connectivity index (χ1) is 21.1. The first-order valence-corrected chi connectivity index (χ1v) is 16.2. The molecule has 0 atom stereocenters. The molecule has 0 aromatic heterocycles. The number of fused-ring (bicyclic) bond motifs is 3. The lowest BCUT2D eigenvalue weighted by atomic mass is 9.75. The molecule has 43 heavy (non-hydrogen) atoms. The monoisotopic (exact) mass is 574 g/mol. The second-order valence-electron chi connectivity index (χ2n) is 11.6. The van der Waals surface area contributed by atoms with E-state index in [1.807, 2.05) is 13.0 Å². The molecule has 0 saturated heterocycles. The molecule has 0 heterocycles. The van der Waals surface area contributed by atoms with Gasteiger partial charge in [0.15, 0.2) is 0 Å². The summed E-state index contributed by atoms with van der Waals surface area (Å²) in [4.78, 5) is 0. The van der Waals surface area contributed by atoms with Crippen molar-refractivity contribution < 1.29 is 9.47 Å². The Morgan fingerprint density at radius 2 is 1.42 bits per heavy atom. The van der Waals surface area contributed by atoms with E-state index in [9.17, 15) is 10.5 Å². The molecule has 4 nitrogen and oxygen atoms in total. The van der Waals surface area contributed by atoms with E-state index in [1.165, 1.54) is 36.8 Å². The average molecular weight is 575 g/mol. The van der Waals surface area contributed by atoms with Crippen LogP contribution in [0.15, 0.2) is 49.1 Å². The molecule has 0 N–H and O–H groups in total. The van der Waals surface area contributed by atoms with Crippen molar-refractivity contribution in [3.63, 3.8) is 0 Å². The van der Waals surface area contributed by atoms with Gasteiger partial charge in [-0.1, -0.05) is 57.7 Å². The number of nitriles is 2. The number of benzene rings is 3. The SMILES string of the molecule is C=CCCCCCOc1ccc2c(c1)CCc1c(C#N)c(C#N)c(C)c(-c3ccc(OCCCCCCC)cc3CC)c1-2. The van der Waals surface area contributed by atoms with Crippen LogP contribution in [0.1, 0.15) is 105 Å². The number of ether oxygens (including phenoxy) is 2. The lowest BCUT2D eigenvalue weighted by molar-refractivity contribution is 0.304. The first-order valence-electron chi connectivity index (χ1n) is 16.2. The molecule has 3 aromatic rings. The van der Waals surface area contributed by atoms with E-state index < -0.39 is 0 Å². The minimum absolute atomic E-state index is 0.491. The third kappa shape index (κ3) is 7.50. The summed E-state index contributed by atoms with van der Waals surface area (Å²) in [5.74, 6) is 1.78. The summed E-state index contributed by atoms with van der Waals surface area (Å²) in [7, 11) is 0. The van der Waals surface area contributed by atoms with Crippen molar-refractivity contribution in [3.05, 3.63) is 82.4 Å². The third-order valence-electron chi connectivity index (χ3n) is 8.63. The van der Waals surface area contributed by atoms with Crippen molar-refractivity contribution in [2.45, 2.75) is 97.8 Å². The summed E-state index contributed by atoms with van der Waals surface area (Å²) in [6.07, 6.45) is 14.7. The highest BCUT2D eigenvalue weighted by Gasteiger charge is 2.29. The molecule has 0 fully saturated rings. The van der Waals surface area contributed by atoms with Crippen molar-refractivity contribution in [2.75, 3.05) is 13.2 Å². The van der Waals surface area contributed by atoms with Crippen LogP contribution in [-0.4, -0.2) is 13.2 Å². The molecule has 224 valence electrons. The van der Waals surface area contributed by atoms with Gasteiger partial charge in [0.05, 0.1) is 24.3 Å².